The fourth-order valence-electron chi connectivity index (χ4n) is 7.29. The first-order chi connectivity index (χ1) is 27.6. The zero-order valence-electron chi connectivity index (χ0n) is 37.3. The van der Waals surface area contributed by atoms with E-state index in [0.717, 1.165) is 51.4 Å². The summed E-state index contributed by atoms with van der Waals surface area (Å²) in [5, 5.41) is 33.2. The van der Waals surface area contributed by atoms with Gasteiger partial charge in [-0.1, -0.05) is 229 Å². The molecule has 5 nitrogen and oxygen atoms in total. The van der Waals surface area contributed by atoms with E-state index >= 15 is 0 Å². The number of carbonyl (C=O) groups excluding carboxylic acids is 1. The zero-order valence-corrected chi connectivity index (χ0v) is 37.3. The third-order valence-corrected chi connectivity index (χ3v) is 11.1. The van der Waals surface area contributed by atoms with E-state index in [9.17, 15) is 20.1 Å². The van der Waals surface area contributed by atoms with Crippen LogP contribution in [-0.4, -0.2) is 46.1 Å². The zero-order chi connectivity index (χ0) is 40.8. The Kier molecular flexibility index (Phi) is 44.6. The van der Waals surface area contributed by atoms with Crippen molar-refractivity contribution >= 4 is 5.91 Å². The highest BCUT2D eigenvalue weighted by Crippen LogP contribution is 2.15. The number of nitrogens with one attached hydrogen (secondary N) is 1. The van der Waals surface area contributed by atoms with Gasteiger partial charge in [-0.2, -0.15) is 0 Å². The smallest absolute Gasteiger partial charge is 0.249 e. The third-order valence-electron chi connectivity index (χ3n) is 11.1. The number of amides is 1. The van der Waals surface area contributed by atoms with E-state index in [0.29, 0.717) is 6.42 Å². The largest absolute Gasteiger partial charge is 0.394 e. The Morgan fingerprint density at radius 2 is 0.786 bits per heavy atom. The first-order valence-electron chi connectivity index (χ1n) is 24.5. The van der Waals surface area contributed by atoms with Gasteiger partial charge in [-0.25, -0.2) is 0 Å². The van der Waals surface area contributed by atoms with Crippen molar-refractivity contribution in [1.29, 1.82) is 0 Å². The van der Waals surface area contributed by atoms with Crippen LogP contribution in [0.1, 0.15) is 245 Å². The average Bonchev–Trinajstić information content (AvgIpc) is 3.20. The maximum Gasteiger partial charge on any atom is 0.249 e. The van der Waals surface area contributed by atoms with Gasteiger partial charge in [-0.15, -0.1) is 0 Å². The van der Waals surface area contributed by atoms with Crippen molar-refractivity contribution in [1.82, 2.24) is 5.32 Å². The fourth-order valence-corrected chi connectivity index (χ4v) is 7.29. The lowest BCUT2D eigenvalue weighted by molar-refractivity contribution is -0.131. The molecule has 3 atom stereocenters. The molecule has 0 aromatic carbocycles. The maximum absolute atomic E-state index is 12.5. The minimum Gasteiger partial charge on any atom is -0.394 e. The molecule has 0 spiro atoms. The van der Waals surface area contributed by atoms with Gasteiger partial charge >= 0.3 is 0 Å². The Balaban J connectivity index is 3.71. The molecule has 3 unspecified atom stereocenters. The summed E-state index contributed by atoms with van der Waals surface area (Å²) >= 11 is 0. The fraction of sp³-hybridized carbons (Fsp3) is 0.824. The number of allylic oxidation sites excluding steroid dienone is 7. The van der Waals surface area contributed by atoms with Gasteiger partial charge in [0.2, 0.25) is 5.91 Å². The monoisotopic (exact) mass is 786 g/mol. The Morgan fingerprint density at radius 1 is 0.446 bits per heavy atom. The molecule has 0 bridgehead atoms. The van der Waals surface area contributed by atoms with E-state index in [2.05, 4.69) is 55.6 Å². The number of hydrogen-bond donors (Lipinski definition) is 4. The maximum atomic E-state index is 12.5. The number of hydrogen-bond acceptors (Lipinski definition) is 4. The van der Waals surface area contributed by atoms with E-state index in [1.165, 1.54) is 173 Å². The SMILES string of the molecule is CCCCCCCCCCC/C=C\C/C=C\CCCCCCCCC(O)C(=O)NC(CO)C(O)/C=C/CC/C=C/CCCCCCCCCCCCCCCC. The van der Waals surface area contributed by atoms with Crippen LogP contribution in [0.5, 0.6) is 0 Å². The van der Waals surface area contributed by atoms with Crippen molar-refractivity contribution in [2.24, 2.45) is 0 Å². The summed E-state index contributed by atoms with van der Waals surface area (Å²) < 4.78 is 0. The van der Waals surface area contributed by atoms with Gasteiger partial charge in [0.25, 0.3) is 0 Å². The van der Waals surface area contributed by atoms with E-state index in [4.69, 9.17) is 0 Å². The predicted octanol–water partition coefficient (Wildman–Crippen LogP) is 14.5. The normalized spacial score (nSPS) is 13.9. The van der Waals surface area contributed by atoms with E-state index in [-0.39, 0.29) is 6.61 Å². The molecule has 56 heavy (non-hydrogen) atoms. The van der Waals surface area contributed by atoms with Gasteiger partial charge in [0.05, 0.1) is 18.8 Å². The standard InChI is InChI=1S/C51H95NO4/c1-3-5-7-9-11-13-15-17-19-21-23-25-26-28-30-32-34-36-38-40-42-44-46-50(55)51(56)52-48(47-53)49(54)45-43-41-39-37-35-33-31-29-27-24-22-20-18-16-14-12-10-8-6-4-2/h23,25,28,30,35,37,43,45,48-50,53-55H,3-22,24,26-27,29,31-34,36,38-42,44,46-47H2,1-2H3,(H,52,56)/b25-23-,30-28-,37-35+,45-43+. The minimum atomic E-state index is -1.12. The molecular weight excluding hydrogens is 691 g/mol. The first-order valence-corrected chi connectivity index (χ1v) is 24.5. The number of aliphatic hydroxyl groups excluding tert-OH is 3. The predicted molar refractivity (Wildman–Crippen MR) is 245 cm³/mol. The molecule has 0 fully saturated rings. The number of rotatable bonds is 44. The molecule has 1 amide bonds. The highest BCUT2D eigenvalue weighted by molar-refractivity contribution is 5.80. The summed E-state index contributed by atoms with van der Waals surface area (Å²) in [7, 11) is 0. The second kappa shape index (κ2) is 46.0. The van der Waals surface area contributed by atoms with Crippen molar-refractivity contribution in [3.05, 3.63) is 48.6 Å². The van der Waals surface area contributed by atoms with E-state index in [1.807, 2.05) is 6.08 Å². The van der Waals surface area contributed by atoms with Gasteiger partial charge in [0, 0.05) is 0 Å². The van der Waals surface area contributed by atoms with Gasteiger partial charge in [-0.05, 0) is 64.2 Å². The lowest BCUT2D eigenvalue weighted by Gasteiger charge is -2.21. The topological polar surface area (TPSA) is 89.8 Å². The number of unbranched alkanes of at least 4 members (excludes halogenated alkanes) is 30. The second-order valence-corrected chi connectivity index (χ2v) is 16.7. The Hall–Kier alpha value is -1.69. The summed E-state index contributed by atoms with van der Waals surface area (Å²) in [6.07, 6.45) is 60.1. The molecule has 0 aliphatic carbocycles. The Morgan fingerprint density at radius 3 is 1.20 bits per heavy atom. The first kappa shape index (κ1) is 54.3. The molecule has 0 aromatic heterocycles. The van der Waals surface area contributed by atoms with E-state index in [1.54, 1.807) is 6.08 Å². The van der Waals surface area contributed by atoms with Crippen LogP contribution in [0.4, 0.5) is 0 Å². The van der Waals surface area contributed by atoms with Gasteiger partial charge in [0.1, 0.15) is 6.10 Å². The van der Waals surface area contributed by atoms with Crippen molar-refractivity contribution < 1.29 is 20.1 Å². The Bertz CT molecular complexity index is 912. The molecule has 0 aliphatic rings. The van der Waals surface area contributed by atoms with Crippen LogP contribution in [0.25, 0.3) is 0 Å². The Labute approximate surface area is 348 Å². The lowest BCUT2D eigenvalue weighted by Crippen LogP contribution is -2.48. The average molecular weight is 786 g/mol. The van der Waals surface area contributed by atoms with Crippen molar-refractivity contribution in [2.75, 3.05) is 6.61 Å². The molecule has 0 saturated heterocycles. The molecule has 328 valence electrons. The van der Waals surface area contributed by atoms with Crippen LogP contribution < -0.4 is 5.32 Å². The number of carbonyl (C=O) groups is 1. The molecule has 5 heteroatoms. The summed E-state index contributed by atoms with van der Waals surface area (Å²) in [4.78, 5) is 12.5. The van der Waals surface area contributed by atoms with Gasteiger partial charge in [-0.3, -0.25) is 4.79 Å². The molecule has 0 aromatic rings. The second-order valence-electron chi connectivity index (χ2n) is 16.7. The highest BCUT2D eigenvalue weighted by Gasteiger charge is 2.22. The van der Waals surface area contributed by atoms with Gasteiger partial charge < -0.3 is 20.6 Å². The summed E-state index contributed by atoms with van der Waals surface area (Å²) in [6, 6.07) is -0.820. The van der Waals surface area contributed by atoms with Crippen LogP contribution in [0.15, 0.2) is 48.6 Å². The van der Waals surface area contributed by atoms with Crippen LogP contribution in [0.3, 0.4) is 0 Å². The third kappa shape index (κ3) is 40.5. The van der Waals surface area contributed by atoms with Crippen LogP contribution >= 0.6 is 0 Å². The van der Waals surface area contributed by atoms with Crippen LogP contribution in [0, 0.1) is 0 Å². The molecule has 0 saturated carbocycles. The summed E-state index contributed by atoms with van der Waals surface area (Å²) in [6.45, 7) is 4.18. The molecule has 0 aliphatic heterocycles. The molecule has 0 heterocycles. The lowest BCUT2D eigenvalue weighted by atomic mass is 10.0. The molecule has 0 rings (SSSR count). The molecular formula is C51H95NO4. The summed E-state index contributed by atoms with van der Waals surface area (Å²) in [5.74, 6) is -0.520. The van der Waals surface area contributed by atoms with Gasteiger partial charge in [0.15, 0.2) is 0 Å². The quantitative estimate of drug-likeness (QED) is 0.0366. The molecule has 4 N–H and O–H groups in total. The number of aliphatic hydroxyl groups is 3. The van der Waals surface area contributed by atoms with Crippen molar-refractivity contribution in [3.8, 4) is 0 Å². The highest BCUT2D eigenvalue weighted by atomic mass is 16.3. The summed E-state index contributed by atoms with van der Waals surface area (Å²) in [5.41, 5.74) is 0. The minimum absolute atomic E-state index is 0.381. The van der Waals surface area contributed by atoms with Crippen LogP contribution in [0.2, 0.25) is 0 Å². The van der Waals surface area contributed by atoms with Crippen molar-refractivity contribution in [3.63, 3.8) is 0 Å². The van der Waals surface area contributed by atoms with Crippen LogP contribution in [-0.2, 0) is 4.79 Å². The molecule has 0 radical (unpaired) electrons. The van der Waals surface area contributed by atoms with E-state index < -0.39 is 24.2 Å². The van der Waals surface area contributed by atoms with Crippen molar-refractivity contribution in [2.45, 2.75) is 263 Å².